The molecule has 0 unspecified atom stereocenters. The molecule has 1 fully saturated rings. The number of anilines is 2. The highest BCUT2D eigenvalue weighted by atomic mass is 35.5. The van der Waals surface area contributed by atoms with Gasteiger partial charge in [-0.2, -0.15) is 0 Å². The number of aryl methyl sites for hydroxylation is 1. The van der Waals surface area contributed by atoms with E-state index in [-0.39, 0.29) is 17.9 Å². The normalized spacial score (nSPS) is 18.7. The number of halogens is 1. The Kier molecular flexibility index (Phi) is 6.87. The SMILES string of the molecule is Cc1cc(Cl)c(NC(=O)C2CCC(Nc3cnccn3)CC2)cc1OCC(=O)O. The van der Waals surface area contributed by atoms with Crippen molar-refractivity contribution in [2.75, 3.05) is 17.2 Å². The van der Waals surface area contributed by atoms with E-state index in [2.05, 4.69) is 20.6 Å². The number of nitrogens with zero attached hydrogens (tertiary/aromatic N) is 2. The number of benzene rings is 1. The van der Waals surface area contributed by atoms with E-state index in [1.54, 1.807) is 37.6 Å². The molecule has 1 aliphatic carbocycles. The summed E-state index contributed by atoms with van der Waals surface area (Å²) in [6.07, 6.45) is 8.14. The molecule has 2 aromatic rings. The van der Waals surface area contributed by atoms with Crippen LogP contribution in [-0.2, 0) is 9.59 Å². The van der Waals surface area contributed by atoms with Crippen LogP contribution >= 0.6 is 11.6 Å². The highest BCUT2D eigenvalue weighted by Crippen LogP contribution is 2.32. The van der Waals surface area contributed by atoms with Gasteiger partial charge in [-0.15, -0.1) is 0 Å². The first-order valence-corrected chi connectivity index (χ1v) is 9.78. The van der Waals surface area contributed by atoms with E-state index in [9.17, 15) is 9.59 Å². The Labute approximate surface area is 173 Å². The number of ether oxygens (including phenoxy) is 1. The maximum Gasteiger partial charge on any atom is 0.341 e. The fourth-order valence-corrected chi connectivity index (χ4v) is 3.63. The molecule has 1 heterocycles. The number of amides is 1. The van der Waals surface area contributed by atoms with Crippen LogP contribution in [0.2, 0.25) is 5.02 Å². The third kappa shape index (κ3) is 5.80. The lowest BCUT2D eigenvalue weighted by atomic mass is 9.85. The van der Waals surface area contributed by atoms with Gasteiger partial charge in [-0.25, -0.2) is 9.78 Å². The molecule has 3 N–H and O–H groups in total. The predicted molar refractivity (Wildman–Crippen MR) is 109 cm³/mol. The van der Waals surface area contributed by atoms with Crippen LogP contribution < -0.4 is 15.4 Å². The molecule has 0 bridgehead atoms. The number of hydrogen-bond donors (Lipinski definition) is 3. The van der Waals surface area contributed by atoms with Crippen molar-refractivity contribution in [2.45, 2.75) is 38.6 Å². The summed E-state index contributed by atoms with van der Waals surface area (Å²) in [5.41, 5.74) is 1.12. The molecule has 9 heteroatoms. The van der Waals surface area contributed by atoms with Crippen molar-refractivity contribution < 1.29 is 19.4 Å². The molecule has 0 radical (unpaired) electrons. The lowest BCUT2D eigenvalue weighted by Gasteiger charge is -2.28. The van der Waals surface area contributed by atoms with Gasteiger partial charge >= 0.3 is 5.97 Å². The highest BCUT2D eigenvalue weighted by Gasteiger charge is 2.27. The number of carboxylic acids is 1. The van der Waals surface area contributed by atoms with E-state index in [4.69, 9.17) is 21.4 Å². The topological polar surface area (TPSA) is 113 Å². The van der Waals surface area contributed by atoms with Crippen LogP contribution in [0.3, 0.4) is 0 Å². The highest BCUT2D eigenvalue weighted by molar-refractivity contribution is 6.33. The average Bonchev–Trinajstić information content (AvgIpc) is 2.70. The second-order valence-corrected chi connectivity index (χ2v) is 7.46. The summed E-state index contributed by atoms with van der Waals surface area (Å²) in [4.78, 5) is 31.7. The van der Waals surface area contributed by atoms with E-state index in [1.807, 2.05) is 0 Å². The fraction of sp³-hybridized carbons (Fsp3) is 0.400. The molecule has 3 rings (SSSR count). The Morgan fingerprint density at radius 2 is 2.00 bits per heavy atom. The van der Waals surface area contributed by atoms with Crippen molar-refractivity contribution >= 4 is 35.0 Å². The van der Waals surface area contributed by atoms with Gasteiger partial charge in [0.1, 0.15) is 11.6 Å². The molecular weight excluding hydrogens is 396 g/mol. The van der Waals surface area contributed by atoms with Crippen LogP contribution in [0.15, 0.2) is 30.7 Å². The zero-order valence-corrected chi connectivity index (χ0v) is 16.8. The number of aromatic nitrogens is 2. The number of carbonyl (C=O) groups excluding carboxylic acids is 1. The molecule has 1 aromatic heterocycles. The molecule has 0 saturated heterocycles. The second kappa shape index (κ2) is 9.56. The van der Waals surface area contributed by atoms with E-state index < -0.39 is 12.6 Å². The van der Waals surface area contributed by atoms with Crippen molar-refractivity contribution in [3.8, 4) is 5.75 Å². The lowest BCUT2D eigenvalue weighted by Crippen LogP contribution is -2.32. The fourth-order valence-electron chi connectivity index (χ4n) is 3.36. The molecule has 1 amide bonds. The number of carboxylic acid groups (broad SMARTS) is 1. The Morgan fingerprint density at radius 3 is 2.66 bits per heavy atom. The third-order valence-corrected chi connectivity index (χ3v) is 5.20. The molecule has 1 aliphatic rings. The van der Waals surface area contributed by atoms with Gasteiger partial charge in [0.25, 0.3) is 0 Å². The van der Waals surface area contributed by atoms with Crippen molar-refractivity contribution in [2.24, 2.45) is 5.92 Å². The summed E-state index contributed by atoms with van der Waals surface area (Å²) < 4.78 is 5.26. The van der Waals surface area contributed by atoms with Gasteiger partial charge in [-0.1, -0.05) is 11.6 Å². The Balaban J connectivity index is 1.56. The standard InChI is InChI=1S/C20H23ClN4O4/c1-12-8-15(21)16(9-17(12)29-11-19(26)27)25-20(28)13-2-4-14(5-3-13)24-18-10-22-6-7-23-18/h6-10,13-14H,2-5,11H2,1H3,(H,23,24)(H,25,28)(H,26,27). The summed E-state index contributed by atoms with van der Waals surface area (Å²) in [6, 6.07) is 3.48. The number of rotatable bonds is 7. The average molecular weight is 419 g/mol. The summed E-state index contributed by atoms with van der Waals surface area (Å²) >= 11 is 6.25. The molecule has 1 aromatic carbocycles. The van der Waals surface area contributed by atoms with Crippen molar-refractivity contribution in [3.63, 3.8) is 0 Å². The van der Waals surface area contributed by atoms with Crippen molar-refractivity contribution in [1.29, 1.82) is 0 Å². The third-order valence-electron chi connectivity index (χ3n) is 4.89. The van der Waals surface area contributed by atoms with Gasteiger partial charge in [-0.3, -0.25) is 9.78 Å². The molecule has 8 nitrogen and oxygen atoms in total. The number of hydrogen-bond acceptors (Lipinski definition) is 6. The monoisotopic (exact) mass is 418 g/mol. The van der Waals surface area contributed by atoms with E-state index >= 15 is 0 Å². The quantitative estimate of drug-likeness (QED) is 0.630. The van der Waals surface area contributed by atoms with E-state index in [0.717, 1.165) is 31.5 Å². The minimum Gasteiger partial charge on any atom is -0.482 e. The zero-order valence-electron chi connectivity index (χ0n) is 16.0. The molecular formula is C20H23ClN4O4. The first-order chi connectivity index (χ1) is 13.9. The zero-order chi connectivity index (χ0) is 20.8. The first-order valence-electron chi connectivity index (χ1n) is 9.40. The summed E-state index contributed by atoms with van der Waals surface area (Å²) in [5, 5.41) is 15.4. The van der Waals surface area contributed by atoms with Crippen LogP contribution in [0.25, 0.3) is 0 Å². The number of aliphatic carboxylic acids is 1. The van der Waals surface area contributed by atoms with Crippen LogP contribution in [0.5, 0.6) is 5.75 Å². The molecule has 0 aliphatic heterocycles. The lowest BCUT2D eigenvalue weighted by molar-refractivity contribution is -0.139. The molecule has 29 heavy (non-hydrogen) atoms. The van der Waals surface area contributed by atoms with Gasteiger partial charge < -0.3 is 20.5 Å². The van der Waals surface area contributed by atoms with Gasteiger partial charge in [0.05, 0.1) is 16.9 Å². The molecule has 0 atom stereocenters. The van der Waals surface area contributed by atoms with Crippen LogP contribution in [0.1, 0.15) is 31.2 Å². The van der Waals surface area contributed by atoms with Crippen LogP contribution in [0, 0.1) is 12.8 Å². The minimum absolute atomic E-state index is 0.0992. The van der Waals surface area contributed by atoms with Crippen molar-refractivity contribution in [1.82, 2.24) is 9.97 Å². The van der Waals surface area contributed by atoms with Gasteiger partial charge in [-0.05, 0) is 44.2 Å². The van der Waals surface area contributed by atoms with Crippen LogP contribution in [0.4, 0.5) is 11.5 Å². The maximum absolute atomic E-state index is 12.7. The van der Waals surface area contributed by atoms with Gasteiger partial charge in [0.15, 0.2) is 6.61 Å². The van der Waals surface area contributed by atoms with Crippen LogP contribution in [-0.4, -0.2) is 39.6 Å². The van der Waals surface area contributed by atoms with E-state index in [0.29, 0.717) is 22.0 Å². The minimum atomic E-state index is -1.07. The van der Waals surface area contributed by atoms with Gasteiger partial charge in [0.2, 0.25) is 5.91 Å². The largest absolute Gasteiger partial charge is 0.482 e. The first kappa shape index (κ1) is 20.9. The Morgan fingerprint density at radius 1 is 1.24 bits per heavy atom. The van der Waals surface area contributed by atoms with Crippen molar-refractivity contribution in [3.05, 3.63) is 41.3 Å². The van der Waals surface area contributed by atoms with E-state index in [1.165, 1.54) is 0 Å². The van der Waals surface area contributed by atoms with Gasteiger partial charge in [0, 0.05) is 30.4 Å². The smallest absolute Gasteiger partial charge is 0.341 e. The maximum atomic E-state index is 12.7. The summed E-state index contributed by atoms with van der Waals surface area (Å²) in [7, 11) is 0. The molecule has 0 spiro atoms. The second-order valence-electron chi connectivity index (χ2n) is 7.05. The molecule has 154 valence electrons. The Hall–Kier alpha value is -2.87. The molecule has 1 saturated carbocycles. The summed E-state index contributed by atoms with van der Waals surface area (Å²) in [6.45, 7) is 1.30. The Bertz CT molecular complexity index is 870. The number of nitrogens with one attached hydrogen (secondary N) is 2. The predicted octanol–water partition coefficient (Wildman–Crippen LogP) is 3.51. The number of carbonyl (C=O) groups is 2. The summed E-state index contributed by atoms with van der Waals surface area (Å²) in [5.74, 6) is -0.171.